The van der Waals surface area contributed by atoms with E-state index in [1.54, 1.807) is 6.07 Å². The summed E-state index contributed by atoms with van der Waals surface area (Å²) in [6.07, 6.45) is 1.40. The van der Waals surface area contributed by atoms with Gasteiger partial charge in [0.2, 0.25) is 0 Å². The van der Waals surface area contributed by atoms with Crippen LogP contribution in [0.15, 0.2) is 48.8 Å². The Morgan fingerprint density at radius 2 is 1.96 bits per heavy atom. The number of nitrogens with zero attached hydrogens (tertiary/aromatic N) is 6. The molecule has 4 aromatic rings. The molecule has 0 aliphatic carbocycles. The molecule has 1 atom stereocenters. The van der Waals surface area contributed by atoms with Crippen molar-refractivity contribution in [2.45, 2.75) is 33.4 Å². The molecule has 0 bridgehead atoms. The van der Waals surface area contributed by atoms with Gasteiger partial charge in [0.25, 0.3) is 11.7 Å². The first-order chi connectivity index (χ1) is 13.5. The third-order valence-electron chi connectivity index (χ3n) is 4.48. The lowest BCUT2D eigenvalue weighted by atomic mass is 10.1. The number of hydrogen-bond donors (Lipinski definition) is 1. The summed E-state index contributed by atoms with van der Waals surface area (Å²) in [4.78, 5) is 21.6. The Morgan fingerprint density at radius 3 is 2.68 bits per heavy atom. The Bertz CT molecular complexity index is 1130. The molecular formula is C20H21N7O. The molecule has 1 amide bonds. The maximum atomic E-state index is 13.0. The second-order valence-corrected chi connectivity index (χ2v) is 6.85. The predicted molar refractivity (Wildman–Crippen MR) is 105 cm³/mol. The summed E-state index contributed by atoms with van der Waals surface area (Å²) < 4.78 is 3.35. The van der Waals surface area contributed by atoms with Crippen molar-refractivity contribution >= 4 is 11.7 Å². The van der Waals surface area contributed by atoms with E-state index in [1.165, 1.54) is 10.8 Å². The maximum Gasteiger partial charge on any atom is 0.270 e. The molecule has 0 aliphatic heterocycles. The van der Waals surface area contributed by atoms with E-state index in [0.717, 1.165) is 17.0 Å². The van der Waals surface area contributed by atoms with Gasteiger partial charge in [0.15, 0.2) is 0 Å². The average Bonchev–Trinajstić information content (AvgIpc) is 3.27. The van der Waals surface area contributed by atoms with Crippen molar-refractivity contribution in [3.05, 3.63) is 65.9 Å². The lowest BCUT2D eigenvalue weighted by molar-refractivity contribution is 0.0928. The SMILES string of the molecule is Cc1cc(C)n(CC(C)NC(=O)c2cc(-c3ccccc3)nc3ncnn23)n1. The molecule has 0 spiro atoms. The van der Waals surface area contributed by atoms with Crippen molar-refractivity contribution in [2.24, 2.45) is 0 Å². The highest BCUT2D eigenvalue weighted by Crippen LogP contribution is 2.18. The highest BCUT2D eigenvalue weighted by Gasteiger charge is 2.18. The van der Waals surface area contributed by atoms with E-state index in [4.69, 9.17) is 0 Å². The first-order valence-corrected chi connectivity index (χ1v) is 9.09. The van der Waals surface area contributed by atoms with E-state index >= 15 is 0 Å². The number of amides is 1. The van der Waals surface area contributed by atoms with Gasteiger partial charge in [-0.25, -0.2) is 4.98 Å². The summed E-state index contributed by atoms with van der Waals surface area (Å²) in [5, 5.41) is 11.6. The van der Waals surface area contributed by atoms with Crippen LogP contribution in [0, 0.1) is 13.8 Å². The van der Waals surface area contributed by atoms with Crippen LogP contribution in [-0.2, 0) is 6.54 Å². The molecule has 8 nitrogen and oxygen atoms in total. The number of carbonyl (C=O) groups excluding carboxylic acids is 1. The molecule has 8 heteroatoms. The quantitative estimate of drug-likeness (QED) is 0.579. The minimum absolute atomic E-state index is 0.114. The van der Waals surface area contributed by atoms with E-state index in [9.17, 15) is 4.79 Å². The monoisotopic (exact) mass is 375 g/mol. The molecule has 3 heterocycles. The Balaban J connectivity index is 1.61. The smallest absolute Gasteiger partial charge is 0.270 e. The van der Waals surface area contributed by atoms with Crippen LogP contribution in [0.4, 0.5) is 0 Å². The van der Waals surface area contributed by atoms with E-state index in [0.29, 0.717) is 23.7 Å². The van der Waals surface area contributed by atoms with Gasteiger partial charge in [0.05, 0.1) is 17.9 Å². The number of hydrogen-bond acceptors (Lipinski definition) is 5. The Hall–Kier alpha value is -3.55. The summed E-state index contributed by atoms with van der Waals surface area (Å²) in [7, 11) is 0. The van der Waals surface area contributed by atoms with E-state index in [1.807, 2.05) is 61.9 Å². The molecule has 1 unspecified atom stereocenters. The topological polar surface area (TPSA) is 90.0 Å². The van der Waals surface area contributed by atoms with Crippen molar-refractivity contribution in [1.82, 2.24) is 34.7 Å². The largest absolute Gasteiger partial charge is 0.346 e. The van der Waals surface area contributed by atoms with Crippen molar-refractivity contribution in [2.75, 3.05) is 0 Å². The molecule has 3 aromatic heterocycles. The molecule has 142 valence electrons. The summed E-state index contributed by atoms with van der Waals surface area (Å²) in [6.45, 7) is 6.49. The highest BCUT2D eigenvalue weighted by molar-refractivity contribution is 5.94. The zero-order valence-electron chi connectivity index (χ0n) is 16.0. The van der Waals surface area contributed by atoms with Crippen LogP contribution < -0.4 is 5.32 Å². The standard InChI is InChI=1S/C20H21N7O/c1-13-9-15(3)26(25-13)11-14(2)23-19(28)18-10-17(16-7-5-4-6-8-16)24-20-21-12-22-27(18)20/h4-10,12,14H,11H2,1-3H3,(H,23,28). The second-order valence-electron chi connectivity index (χ2n) is 6.85. The maximum absolute atomic E-state index is 13.0. The fourth-order valence-electron chi connectivity index (χ4n) is 3.19. The zero-order valence-corrected chi connectivity index (χ0v) is 16.0. The van der Waals surface area contributed by atoms with Crippen LogP contribution in [-0.4, -0.2) is 41.3 Å². The minimum atomic E-state index is -0.232. The summed E-state index contributed by atoms with van der Waals surface area (Å²) in [5.74, 6) is 0.154. The number of aromatic nitrogens is 6. The van der Waals surface area contributed by atoms with E-state index in [2.05, 4.69) is 25.5 Å². The molecule has 0 saturated heterocycles. The fraction of sp³-hybridized carbons (Fsp3) is 0.250. The summed E-state index contributed by atoms with van der Waals surface area (Å²) >= 11 is 0. The Labute approximate surface area is 162 Å². The number of aryl methyl sites for hydroxylation is 2. The molecule has 4 rings (SSSR count). The van der Waals surface area contributed by atoms with Gasteiger partial charge in [-0.2, -0.15) is 19.7 Å². The molecule has 0 radical (unpaired) electrons. The molecule has 1 N–H and O–H groups in total. The number of rotatable bonds is 5. The Kier molecular flexibility index (Phi) is 4.60. The van der Waals surface area contributed by atoms with Gasteiger partial charge < -0.3 is 5.32 Å². The van der Waals surface area contributed by atoms with Gasteiger partial charge in [0, 0.05) is 17.3 Å². The van der Waals surface area contributed by atoms with Gasteiger partial charge in [-0.05, 0) is 32.9 Å². The van der Waals surface area contributed by atoms with Crippen LogP contribution in [0.3, 0.4) is 0 Å². The summed E-state index contributed by atoms with van der Waals surface area (Å²) in [5.41, 5.74) is 4.01. The van der Waals surface area contributed by atoms with Crippen LogP contribution in [0.2, 0.25) is 0 Å². The minimum Gasteiger partial charge on any atom is -0.346 e. The fourth-order valence-corrected chi connectivity index (χ4v) is 3.19. The summed E-state index contributed by atoms with van der Waals surface area (Å²) in [6, 6.07) is 13.3. The number of carbonyl (C=O) groups is 1. The first kappa shape index (κ1) is 17.8. The van der Waals surface area contributed by atoms with Crippen molar-refractivity contribution in [3.63, 3.8) is 0 Å². The van der Waals surface area contributed by atoms with Crippen LogP contribution in [0.1, 0.15) is 28.8 Å². The van der Waals surface area contributed by atoms with Crippen LogP contribution in [0.5, 0.6) is 0 Å². The van der Waals surface area contributed by atoms with Gasteiger partial charge in [-0.1, -0.05) is 30.3 Å². The Morgan fingerprint density at radius 1 is 1.18 bits per heavy atom. The lowest BCUT2D eigenvalue weighted by Crippen LogP contribution is -2.37. The highest BCUT2D eigenvalue weighted by atomic mass is 16.2. The van der Waals surface area contributed by atoms with Crippen molar-refractivity contribution in [3.8, 4) is 11.3 Å². The average molecular weight is 375 g/mol. The van der Waals surface area contributed by atoms with Gasteiger partial charge >= 0.3 is 0 Å². The third-order valence-corrected chi connectivity index (χ3v) is 4.48. The van der Waals surface area contributed by atoms with Gasteiger partial charge in [-0.3, -0.25) is 9.48 Å². The molecule has 28 heavy (non-hydrogen) atoms. The second kappa shape index (κ2) is 7.22. The van der Waals surface area contributed by atoms with E-state index in [-0.39, 0.29) is 11.9 Å². The van der Waals surface area contributed by atoms with Gasteiger partial charge in [0.1, 0.15) is 12.0 Å². The first-order valence-electron chi connectivity index (χ1n) is 9.09. The third kappa shape index (κ3) is 3.48. The van der Waals surface area contributed by atoms with Gasteiger partial charge in [-0.15, -0.1) is 0 Å². The molecule has 1 aromatic carbocycles. The van der Waals surface area contributed by atoms with Crippen molar-refractivity contribution in [1.29, 1.82) is 0 Å². The predicted octanol–water partition coefficient (Wildman–Crippen LogP) is 2.42. The van der Waals surface area contributed by atoms with Crippen molar-refractivity contribution < 1.29 is 4.79 Å². The van der Waals surface area contributed by atoms with Crippen LogP contribution >= 0.6 is 0 Å². The number of benzene rings is 1. The zero-order chi connectivity index (χ0) is 19.7. The molecule has 0 fully saturated rings. The molecular weight excluding hydrogens is 354 g/mol. The lowest BCUT2D eigenvalue weighted by Gasteiger charge is -2.16. The number of nitrogens with one attached hydrogen (secondary N) is 1. The van der Waals surface area contributed by atoms with Crippen LogP contribution in [0.25, 0.3) is 17.0 Å². The normalized spacial score (nSPS) is 12.2. The molecule has 0 aliphatic rings. The molecule has 0 saturated carbocycles. The number of fused-ring (bicyclic) bond motifs is 1. The van der Waals surface area contributed by atoms with E-state index < -0.39 is 0 Å².